The Bertz CT molecular complexity index is 879. The van der Waals surface area contributed by atoms with Crippen LogP contribution in [0.25, 0.3) is 10.9 Å². The predicted molar refractivity (Wildman–Crippen MR) is 80.1 cm³/mol. The van der Waals surface area contributed by atoms with E-state index in [0.717, 1.165) is 22.7 Å². The maximum absolute atomic E-state index is 14.0. The molecule has 2 aromatic heterocycles. The van der Waals surface area contributed by atoms with E-state index < -0.39 is 5.82 Å². The molecule has 3 rings (SSSR count). The second-order valence-electron chi connectivity index (χ2n) is 4.56. The lowest BCUT2D eigenvalue weighted by atomic mass is 10.2. The summed E-state index contributed by atoms with van der Waals surface area (Å²) in [4.78, 5) is 3.90. The number of halogens is 2. The third kappa shape index (κ3) is 2.30. The molecule has 0 aliphatic carbocycles. The molecule has 0 saturated heterocycles. The Balaban J connectivity index is 2.07. The second-order valence-corrected chi connectivity index (χ2v) is 4.92. The van der Waals surface area contributed by atoms with Crippen molar-refractivity contribution < 1.29 is 4.39 Å². The van der Waals surface area contributed by atoms with E-state index >= 15 is 0 Å². The fraction of sp³-hybridized carbons (Fsp3) is 0.0667. The van der Waals surface area contributed by atoms with Gasteiger partial charge in [-0.05, 0) is 24.3 Å². The maximum Gasteiger partial charge on any atom is 0.168 e. The highest BCUT2D eigenvalue weighted by molar-refractivity contribution is 6.30. The molecule has 0 saturated carbocycles. The molecule has 1 N–H and O–H groups in total. The average Bonchev–Trinajstić information content (AvgIpc) is 2.85. The number of nitriles is 1. The molecule has 3 aromatic rings. The molecule has 0 unspecified atom stereocenters. The number of hydrogen-bond donors (Lipinski definition) is 1. The zero-order chi connectivity index (χ0) is 15.0. The van der Waals surface area contributed by atoms with Crippen LogP contribution in [0.4, 0.5) is 15.9 Å². The van der Waals surface area contributed by atoms with Crippen LogP contribution in [0.15, 0.2) is 36.5 Å². The van der Waals surface area contributed by atoms with Crippen LogP contribution in [0.1, 0.15) is 5.56 Å². The lowest BCUT2D eigenvalue weighted by Crippen LogP contribution is -1.99. The van der Waals surface area contributed by atoms with Gasteiger partial charge >= 0.3 is 0 Å². The van der Waals surface area contributed by atoms with Crippen molar-refractivity contribution in [1.82, 2.24) is 9.55 Å². The maximum atomic E-state index is 14.0. The van der Waals surface area contributed by atoms with Crippen molar-refractivity contribution >= 4 is 34.0 Å². The Hall–Kier alpha value is -2.58. The number of nitrogens with one attached hydrogen (secondary N) is 1. The van der Waals surface area contributed by atoms with Crippen molar-refractivity contribution in [3.8, 4) is 6.07 Å². The molecule has 0 radical (unpaired) electrons. The molecule has 0 spiro atoms. The minimum atomic E-state index is -0.621. The van der Waals surface area contributed by atoms with E-state index in [0.29, 0.717) is 0 Å². The molecule has 0 bridgehead atoms. The smallest absolute Gasteiger partial charge is 0.168 e. The Morgan fingerprint density at radius 1 is 1.38 bits per heavy atom. The number of benzene rings is 1. The van der Waals surface area contributed by atoms with Gasteiger partial charge in [0.25, 0.3) is 0 Å². The standard InChI is InChI=1S/C15H10ClFN4/c1-21-6-5-10-12(3-2-4-13(10)21)19-15-11(17)7-9(8-18)14(16)20-15/h2-7H,1H3,(H,19,20). The highest BCUT2D eigenvalue weighted by Crippen LogP contribution is 2.28. The Morgan fingerprint density at radius 3 is 2.95 bits per heavy atom. The van der Waals surface area contributed by atoms with Gasteiger partial charge in [-0.1, -0.05) is 17.7 Å². The summed E-state index contributed by atoms with van der Waals surface area (Å²) in [6.07, 6.45) is 1.92. The van der Waals surface area contributed by atoms with Gasteiger partial charge in [0, 0.05) is 29.8 Å². The number of pyridine rings is 1. The molecule has 0 aliphatic rings. The zero-order valence-electron chi connectivity index (χ0n) is 11.1. The monoisotopic (exact) mass is 300 g/mol. The summed E-state index contributed by atoms with van der Waals surface area (Å²) in [6, 6.07) is 10.5. The van der Waals surface area contributed by atoms with Gasteiger partial charge in [0.1, 0.15) is 11.2 Å². The first-order valence-electron chi connectivity index (χ1n) is 6.17. The summed E-state index contributed by atoms with van der Waals surface area (Å²) in [5.41, 5.74) is 1.75. The number of nitrogens with zero attached hydrogens (tertiary/aromatic N) is 3. The first-order chi connectivity index (χ1) is 10.1. The highest BCUT2D eigenvalue weighted by atomic mass is 35.5. The van der Waals surface area contributed by atoms with Crippen LogP contribution in [-0.2, 0) is 7.05 Å². The van der Waals surface area contributed by atoms with Crippen molar-refractivity contribution in [3.05, 3.63) is 53.1 Å². The molecule has 0 fully saturated rings. The van der Waals surface area contributed by atoms with Gasteiger partial charge in [-0.15, -0.1) is 0 Å². The van der Waals surface area contributed by atoms with E-state index in [2.05, 4.69) is 10.3 Å². The van der Waals surface area contributed by atoms with Crippen LogP contribution < -0.4 is 5.32 Å². The topological polar surface area (TPSA) is 53.6 Å². The van der Waals surface area contributed by atoms with Crippen molar-refractivity contribution in [2.24, 2.45) is 7.05 Å². The van der Waals surface area contributed by atoms with Gasteiger partial charge in [-0.3, -0.25) is 0 Å². The van der Waals surface area contributed by atoms with Crippen LogP contribution in [0.5, 0.6) is 0 Å². The van der Waals surface area contributed by atoms with Crippen LogP contribution >= 0.6 is 11.6 Å². The summed E-state index contributed by atoms with van der Waals surface area (Å²) in [7, 11) is 1.93. The second kappa shape index (κ2) is 5.08. The van der Waals surface area contributed by atoms with Crippen LogP contribution in [0, 0.1) is 17.1 Å². The lowest BCUT2D eigenvalue weighted by Gasteiger charge is -2.09. The molecule has 21 heavy (non-hydrogen) atoms. The summed E-state index contributed by atoms with van der Waals surface area (Å²) < 4.78 is 15.9. The number of fused-ring (bicyclic) bond motifs is 1. The number of aromatic nitrogens is 2. The van der Waals surface area contributed by atoms with E-state index in [1.807, 2.05) is 42.1 Å². The number of anilines is 2. The number of aryl methyl sites for hydroxylation is 1. The minimum Gasteiger partial charge on any atom is -0.350 e. The van der Waals surface area contributed by atoms with Gasteiger partial charge in [0.2, 0.25) is 0 Å². The molecule has 4 nitrogen and oxygen atoms in total. The van der Waals surface area contributed by atoms with Gasteiger partial charge in [0.15, 0.2) is 11.6 Å². The van der Waals surface area contributed by atoms with Crippen LogP contribution in [-0.4, -0.2) is 9.55 Å². The normalized spacial score (nSPS) is 10.6. The first kappa shape index (κ1) is 13.4. The fourth-order valence-electron chi connectivity index (χ4n) is 2.17. The minimum absolute atomic E-state index is 0.00430. The summed E-state index contributed by atoms with van der Waals surface area (Å²) in [5, 5.41) is 12.7. The number of hydrogen-bond acceptors (Lipinski definition) is 3. The average molecular weight is 301 g/mol. The molecular formula is C15H10ClFN4. The molecule has 6 heteroatoms. The van der Waals surface area contributed by atoms with Crippen LogP contribution in [0.2, 0.25) is 5.15 Å². The Morgan fingerprint density at radius 2 is 2.19 bits per heavy atom. The number of rotatable bonds is 2. The molecule has 0 amide bonds. The molecule has 1 aromatic carbocycles. The van der Waals surface area contributed by atoms with E-state index in [4.69, 9.17) is 16.9 Å². The van der Waals surface area contributed by atoms with Gasteiger partial charge < -0.3 is 9.88 Å². The quantitative estimate of drug-likeness (QED) is 0.728. The molecule has 2 heterocycles. The molecule has 104 valence electrons. The zero-order valence-corrected chi connectivity index (χ0v) is 11.8. The van der Waals surface area contributed by atoms with E-state index in [-0.39, 0.29) is 16.5 Å². The van der Waals surface area contributed by atoms with E-state index in [9.17, 15) is 4.39 Å². The third-order valence-corrected chi connectivity index (χ3v) is 3.52. The lowest BCUT2D eigenvalue weighted by molar-refractivity contribution is 0.626. The SMILES string of the molecule is Cn1ccc2c(Nc3nc(Cl)c(C#N)cc3F)cccc21. The van der Waals surface area contributed by atoms with Crippen molar-refractivity contribution in [2.75, 3.05) is 5.32 Å². The van der Waals surface area contributed by atoms with Crippen LogP contribution in [0.3, 0.4) is 0 Å². The largest absolute Gasteiger partial charge is 0.350 e. The Labute approximate surface area is 125 Å². The Kier molecular flexibility index (Phi) is 3.24. The third-order valence-electron chi connectivity index (χ3n) is 3.23. The van der Waals surface area contributed by atoms with Crippen molar-refractivity contribution in [3.63, 3.8) is 0 Å². The molecule has 0 aliphatic heterocycles. The fourth-order valence-corrected chi connectivity index (χ4v) is 2.35. The van der Waals surface area contributed by atoms with Gasteiger partial charge in [-0.25, -0.2) is 9.37 Å². The van der Waals surface area contributed by atoms with Crippen molar-refractivity contribution in [1.29, 1.82) is 5.26 Å². The summed E-state index contributed by atoms with van der Waals surface area (Å²) in [5.74, 6) is -0.626. The van der Waals surface area contributed by atoms with E-state index in [1.165, 1.54) is 0 Å². The summed E-state index contributed by atoms with van der Waals surface area (Å²) >= 11 is 5.85. The van der Waals surface area contributed by atoms with Gasteiger partial charge in [0.05, 0.1) is 5.56 Å². The summed E-state index contributed by atoms with van der Waals surface area (Å²) in [6.45, 7) is 0. The first-order valence-corrected chi connectivity index (χ1v) is 6.55. The van der Waals surface area contributed by atoms with E-state index in [1.54, 1.807) is 6.07 Å². The van der Waals surface area contributed by atoms with Crippen molar-refractivity contribution in [2.45, 2.75) is 0 Å². The molecular weight excluding hydrogens is 291 g/mol. The highest BCUT2D eigenvalue weighted by Gasteiger charge is 2.12. The van der Waals surface area contributed by atoms with Gasteiger partial charge in [-0.2, -0.15) is 5.26 Å². The molecule has 0 atom stereocenters. The predicted octanol–water partition coefficient (Wildman–Crippen LogP) is 3.98.